The van der Waals surface area contributed by atoms with Crippen molar-refractivity contribution in [2.24, 2.45) is 11.8 Å². The van der Waals surface area contributed by atoms with E-state index in [0.717, 1.165) is 49.1 Å². The molecule has 0 bridgehead atoms. The van der Waals surface area contributed by atoms with Crippen molar-refractivity contribution in [2.45, 2.75) is 71.1 Å². The molecule has 9 rings (SSSR count). The summed E-state index contributed by atoms with van der Waals surface area (Å²) in [5.74, 6) is 1.19. The van der Waals surface area contributed by atoms with Gasteiger partial charge in [-0.15, -0.1) is 0 Å². The van der Waals surface area contributed by atoms with Crippen molar-refractivity contribution in [1.29, 1.82) is 0 Å². The second kappa shape index (κ2) is 21.6. The molecule has 20 nitrogen and oxygen atoms in total. The molecule has 8 N–H and O–H groups in total. The Kier molecular flexibility index (Phi) is 15.5. The Morgan fingerprint density at radius 3 is 1.67 bits per heavy atom. The minimum absolute atomic E-state index is 0.0276. The number of aliphatic hydroxyl groups is 1. The van der Waals surface area contributed by atoms with Crippen LogP contribution in [0.1, 0.15) is 74.1 Å². The van der Waals surface area contributed by atoms with E-state index < -0.39 is 5.60 Å². The average molecular weight is 957 g/mol. The van der Waals surface area contributed by atoms with Gasteiger partial charge in [0, 0.05) is 74.0 Å². The van der Waals surface area contributed by atoms with Gasteiger partial charge in [0.05, 0.1) is 83.8 Å². The van der Waals surface area contributed by atoms with E-state index in [1.54, 1.807) is 71.4 Å². The van der Waals surface area contributed by atoms with Crippen LogP contribution in [0.25, 0.3) is 22.5 Å². The maximum absolute atomic E-state index is 12.5. The summed E-state index contributed by atoms with van der Waals surface area (Å²) in [4.78, 5) is 57.7. The molecule has 20 heteroatoms. The number of aromatic nitrogens is 6. The molecule has 1 aliphatic heterocycles. The number of carbonyl (C=O) groups excluding carboxylic acids is 4. The summed E-state index contributed by atoms with van der Waals surface area (Å²) >= 11 is 0. The molecule has 70 heavy (non-hydrogen) atoms. The lowest BCUT2D eigenvalue weighted by molar-refractivity contribution is -0.118. The van der Waals surface area contributed by atoms with Crippen molar-refractivity contribution in [1.82, 2.24) is 40.6 Å². The summed E-state index contributed by atoms with van der Waals surface area (Å²) in [7, 11) is 6.23. The maximum Gasteiger partial charge on any atom is 0.254 e. The third kappa shape index (κ3) is 13.2. The van der Waals surface area contributed by atoms with Gasteiger partial charge in [-0.05, 0) is 89.8 Å². The van der Waals surface area contributed by atoms with Crippen molar-refractivity contribution in [2.75, 3.05) is 56.2 Å². The van der Waals surface area contributed by atoms with Gasteiger partial charge in [-0.25, -0.2) is 9.97 Å². The molecule has 4 aromatic heterocycles. The van der Waals surface area contributed by atoms with Crippen molar-refractivity contribution in [3.8, 4) is 34.0 Å². The van der Waals surface area contributed by atoms with E-state index in [9.17, 15) is 24.3 Å². The van der Waals surface area contributed by atoms with Crippen molar-refractivity contribution in [3.63, 3.8) is 0 Å². The van der Waals surface area contributed by atoms with E-state index in [0.29, 0.717) is 69.2 Å². The molecule has 2 saturated carbocycles. The number of hydrogen-bond donors (Lipinski definition) is 8. The number of nitrogens with one attached hydrogen (secondary N) is 7. The molecule has 0 atom stereocenters. The molecular weight excluding hydrogens is 897 g/mol. The number of pyridine rings is 2. The Bertz CT molecular complexity index is 2820. The molecule has 1 saturated heterocycles. The van der Waals surface area contributed by atoms with E-state index in [1.807, 2.05) is 48.5 Å². The quantitative estimate of drug-likeness (QED) is 0.0459. The van der Waals surface area contributed by atoms with Crippen LogP contribution >= 0.6 is 0 Å². The first kappa shape index (κ1) is 50.0. The SMILES string of the molecule is CC1(C)CO1.CNC(=O)c1cnc(NC(=O)C2CC2)cc1Nc1cccc(-c2ccn(CC(C)(C)O)n2)c1OC.CNC(=O)c1cnc(NC(=O)C2CC2)cc1Nc1cccc(-c2ccn[nH]2)c1OC. The number of carbonyl (C=O) groups is 4. The number of benzene rings is 2. The number of nitrogens with zero attached hydrogens (tertiary/aromatic N) is 5. The molecule has 2 aromatic carbocycles. The minimum Gasteiger partial charge on any atom is -0.494 e. The number of anilines is 6. The molecule has 6 aromatic rings. The number of rotatable bonds is 16. The molecule has 0 radical (unpaired) electrons. The fourth-order valence-corrected chi connectivity index (χ4v) is 6.99. The van der Waals surface area contributed by atoms with Gasteiger partial charge >= 0.3 is 0 Å². The zero-order valence-electron chi connectivity index (χ0n) is 40.5. The third-order valence-corrected chi connectivity index (χ3v) is 11.1. The van der Waals surface area contributed by atoms with Crippen LogP contribution in [0.3, 0.4) is 0 Å². The summed E-state index contributed by atoms with van der Waals surface area (Å²) in [5, 5.41) is 39.0. The second-order valence-electron chi connectivity index (χ2n) is 18.2. The summed E-state index contributed by atoms with van der Waals surface area (Å²) < 4.78 is 17.9. The van der Waals surface area contributed by atoms with Crippen LogP contribution in [0.15, 0.2) is 85.5 Å². The predicted octanol–water partition coefficient (Wildman–Crippen LogP) is 6.90. The van der Waals surface area contributed by atoms with Crippen LogP contribution in [0.4, 0.5) is 34.4 Å². The molecule has 3 fully saturated rings. The van der Waals surface area contributed by atoms with E-state index in [1.165, 1.54) is 12.4 Å². The molecule has 4 amide bonds. The second-order valence-corrected chi connectivity index (χ2v) is 18.2. The smallest absolute Gasteiger partial charge is 0.254 e. The number of epoxide rings is 1. The van der Waals surface area contributed by atoms with Gasteiger partial charge in [0.25, 0.3) is 11.8 Å². The number of amides is 4. The summed E-state index contributed by atoms with van der Waals surface area (Å²) in [5.41, 5.74) is 5.27. The summed E-state index contributed by atoms with van der Waals surface area (Å²) in [6, 6.07) is 18.2. The molecule has 3 aliphatic rings. The first-order chi connectivity index (χ1) is 33.5. The lowest BCUT2D eigenvalue weighted by Crippen LogP contribution is -2.26. The van der Waals surface area contributed by atoms with Crippen molar-refractivity contribution in [3.05, 3.63) is 96.6 Å². The van der Waals surface area contributed by atoms with E-state index >= 15 is 0 Å². The highest BCUT2D eigenvalue weighted by Gasteiger charge is 2.33. The highest BCUT2D eigenvalue weighted by Crippen LogP contribution is 2.40. The Labute approximate surface area is 405 Å². The van der Waals surface area contributed by atoms with Crippen LogP contribution in [-0.2, 0) is 20.9 Å². The van der Waals surface area contributed by atoms with E-state index in [2.05, 4.69) is 71.0 Å². The lowest BCUT2D eigenvalue weighted by Gasteiger charge is -2.17. The fraction of sp³-hybridized carbons (Fsp3) is 0.360. The van der Waals surface area contributed by atoms with Crippen LogP contribution in [0.5, 0.6) is 11.5 Å². The lowest BCUT2D eigenvalue weighted by atomic mass is 10.1. The number of H-pyrrole nitrogens is 1. The molecule has 2 aliphatic carbocycles. The zero-order valence-corrected chi connectivity index (χ0v) is 40.5. The van der Waals surface area contributed by atoms with Gasteiger partial charge in [0.15, 0.2) is 11.5 Å². The largest absolute Gasteiger partial charge is 0.494 e. The Morgan fingerprint density at radius 1 is 0.771 bits per heavy atom. The number of para-hydroxylation sites is 2. The van der Waals surface area contributed by atoms with E-state index in [-0.39, 0.29) is 41.1 Å². The summed E-state index contributed by atoms with van der Waals surface area (Å²) in [6.45, 7) is 8.89. The van der Waals surface area contributed by atoms with Crippen molar-refractivity contribution < 1.29 is 38.5 Å². The number of hydrogen-bond acceptors (Lipinski definition) is 14. The molecule has 368 valence electrons. The van der Waals surface area contributed by atoms with Gasteiger partial charge in [-0.2, -0.15) is 10.2 Å². The van der Waals surface area contributed by atoms with Gasteiger partial charge in [0.1, 0.15) is 11.6 Å². The number of methoxy groups -OCH3 is 2. The molecule has 0 spiro atoms. The maximum atomic E-state index is 12.5. The molecule has 0 unspecified atom stereocenters. The van der Waals surface area contributed by atoms with E-state index in [4.69, 9.17) is 14.2 Å². The zero-order chi connectivity index (χ0) is 50.2. The molecular formula is C50H60N12O8. The fourth-order valence-electron chi connectivity index (χ4n) is 6.99. The Hall–Kier alpha value is -7.84. The van der Waals surface area contributed by atoms with Crippen LogP contribution in [-0.4, -0.2) is 105 Å². The Balaban J connectivity index is 0.000000189. The monoisotopic (exact) mass is 956 g/mol. The van der Waals surface area contributed by atoms with Gasteiger partial charge in [-0.3, -0.25) is 29.0 Å². The normalized spacial score (nSPS) is 14.3. The third-order valence-electron chi connectivity index (χ3n) is 11.1. The van der Waals surface area contributed by atoms with Crippen LogP contribution in [0, 0.1) is 11.8 Å². The summed E-state index contributed by atoms with van der Waals surface area (Å²) in [6.07, 6.45) is 9.87. The first-order valence-corrected chi connectivity index (χ1v) is 22.8. The number of aromatic amines is 1. The Morgan fingerprint density at radius 2 is 1.26 bits per heavy atom. The topological polar surface area (TPSA) is 264 Å². The highest BCUT2D eigenvalue weighted by molar-refractivity contribution is 6.03. The molecule has 5 heterocycles. The number of ether oxygens (including phenoxy) is 3. The van der Waals surface area contributed by atoms with Crippen LogP contribution in [0.2, 0.25) is 0 Å². The predicted molar refractivity (Wildman–Crippen MR) is 266 cm³/mol. The average Bonchev–Trinajstić information content (AvgIpc) is 4.31. The first-order valence-electron chi connectivity index (χ1n) is 22.8. The van der Waals surface area contributed by atoms with Gasteiger partial charge in [0.2, 0.25) is 11.8 Å². The van der Waals surface area contributed by atoms with Crippen LogP contribution < -0.4 is 41.4 Å². The minimum atomic E-state index is -0.902. The van der Waals surface area contributed by atoms with Crippen molar-refractivity contribution >= 4 is 58.0 Å². The standard InChI is InChI=1S/C25H30N6O4.C21H22N6O3.C4H8O/c1-25(2,34)14-31-11-10-18(30-31)16-6-5-7-19(22(16)35-4)28-20-12-21(29-23(32)15-8-9-15)27-13-17(20)24(33)26-3;1-22-21(29)14-11-23-18(26-20(28)12-6-7-12)10-17(14)25-16-5-3-4-13(19(16)30-2)15-8-9-24-27-15;1-4(2)3-5-4/h5-7,10-13,15,34H,8-9,14H2,1-4H3,(H,26,33)(H2,27,28,29,32);3-5,8-12H,6-7H2,1-2H3,(H,22,29)(H,24,27)(H2,23,25,26,28);3H2,1-2H3. The highest BCUT2D eigenvalue weighted by atomic mass is 16.6. The van der Waals surface area contributed by atoms with Gasteiger partial charge < -0.3 is 51.2 Å². The van der Waals surface area contributed by atoms with Gasteiger partial charge in [-0.1, -0.05) is 12.1 Å².